The third kappa shape index (κ3) is 10.7. The second kappa shape index (κ2) is 20.1. The minimum atomic E-state index is -1.21. The molecule has 0 aromatic heterocycles. The summed E-state index contributed by atoms with van der Waals surface area (Å²) < 4.78 is 11.9. The molecule has 3 rings (SSSR count). The fourth-order valence-electron chi connectivity index (χ4n) is 8.14. The van der Waals surface area contributed by atoms with Crippen molar-refractivity contribution in [1.82, 2.24) is 25.8 Å². The van der Waals surface area contributed by atoms with Crippen LogP contribution in [-0.2, 0) is 39.9 Å². The van der Waals surface area contributed by atoms with E-state index in [1.54, 1.807) is 57.3 Å². The van der Waals surface area contributed by atoms with Crippen molar-refractivity contribution in [1.29, 1.82) is 0 Å². The Bertz CT molecular complexity index is 1460. The molecule has 0 bridgehead atoms. The number of benzene rings is 1. The van der Waals surface area contributed by atoms with E-state index in [0.717, 1.165) is 6.42 Å². The molecule has 11 atom stereocenters. The van der Waals surface area contributed by atoms with Gasteiger partial charge in [0, 0.05) is 38.8 Å². The Balaban J connectivity index is 1.81. The second-order valence-electron chi connectivity index (χ2n) is 15.9. The first-order valence-electron chi connectivity index (χ1n) is 19.3. The molecule has 4 N–H and O–H groups in total. The maximum absolute atomic E-state index is 14.4. The highest BCUT2D eigenvalue weighted by Crippen LogP contribution is 2.50. The average Bonchev–Trinajstić information content (AvgIpc) is 3.78. The van der Waals surface area contributed by atoms with Gasteiger partial charge < -0.3 is 40.3 Å². The van der Waals surface area contributed by atoms with Crippen molar-refractivity contribution in [2.24, 2.45) is 29.6 Å². The lowest BCUT2D eigenvalue weighted by Gasteiger charge is -2.41. The zero-order valence-corrected chi connectivity index (χ0v) is 34.7. The van der Waals surface area contributed by atoms with Gasteiger partial charge in [0.15, 0.2) is 0 Å². The van der Waals surface area contributed by atoms with Crippen LogP contribution in [0.4, 0.5) is 0 Å². The van der Waals surface area contributed by atoms with E-state index in [9.17, 15) is 29.1 Å². The molecule has 1 heterocycles. The van der Waals surface area contributed by atoms with Crippen LogP contribution in [-0.4, -0.2) is 121 Å². The van der Waals surface area contributed by atoms with Crippen molar-refractivity contribution >= 4 is 41.2 Å². The Morgan fingerprint density at radius 3 is 2.09 bits per heavy atom. The predicted molar refractivity (Wildman–Crippen MR) is 208 cm³/mol. The third-order valence-electron chi connectivity index (χ3n) is 11.6. The van der Waals surface area contributed by atoms with Crippen molar-refractivity contribution in [3.63, 3.8) is 0 Å². The smallest absolute Gasteiger partial charge is 0.326 e. The van der Waals surface area contributed by atoms with E-state index in [2.05, 4.69) is 16.0 Å². The van der Waals surface area contributed by atoms with E-state index < -0.39 is 60.2 Å². The number of nitrogens with zero attached hydrogens (tertiary/aromatic N) is 2. The number of nitrogens with one attached hydrogen (secondary N) is 3. The van der Waals surface area contributed by atoms with Crippen LogP contribution < -0.4 is 16.0 Å². The van der Waals surface area contributed by atoms with E-state index in [1.807, 2.05) is 46.4 Å². The highest BCUT2D eigenvalue weighted by molar-refractivity contribution is 6.31. The molecule has 54 heavy (non-hydrogen) atoms. The number of piperidine rings is 1. The van der Waals surface area contributed by atoms with E-state index in [-0.39, 0.29) is 60.3 Å². The molecule has 14 heteroatoms. The van der Waals surface area contributed by atoms with Gasteiger partial charge in [-0.2, -0.15) is 0 Å². The number of hydrogen-bond donors (Lipinski definition) is 4. The van der Waals surface area contributed by atoms with Crippen molar-refractivity contribution < 1.29 is 38.6 Å². The Morgan fingerprint density at radius 2 is 1.57 bits per heavy atom. The van der Waals surface area contributed by atoms with Gasteiger partial charge in [0.2, 0.25) is 23.6 Å². The lowest BCUT2D eigenvalue weighted by molar-refractivity contribution is -0.149. The lowest BCUT2D eigenvalue weighted by Crippen LogP contribution is -2.59. The molecule has 304 valence electrons. The molecule has 2 fully saturated rings. The number of aliphatic carboxylic acids is 1. The molecular formula is C40H64ClN5O8. The number of carboxylic acids is 1. The van der Waals surface area contributed by atoms with Crippen molar-refractivity contribution in [2.75, 3.05) is 28.3 Å². The van der Waals surface area contributed by atoms with Crippen LogP contribution in [0.3, 0.4) is 0 Å². The van der Waals surface area contributed by atoms with Crippen LogP contribution in [0.25, 0.3) is 0 Å². The first-order valence-corrected chi connectivity index (χ1v) is 19.7. The number of ether oxygens (including phenoxy) is 2. The zero-order chi connectivity index (χ0) is 40.6. The molecule has 1 saturated carbocycles. The first-order chi connectivity index (χ1) is 25.4. The number of methoxy groups -OCH3 is 2. The van der Waals surface area contributed by atoms with Crippen LogP contribution in [0.1, 0.15) is 79.7 Å². The summed E-state index contributed by atoms with van der Waals surface area (Å²) in [5.41, 5.74) is 0.601. The van der Waals surface area contributed by atoms with Crippen LogP contribution in [0.2, 0.25) is 5.02 Å². The van der Waals surface area contributed by atoms with E-state index in [4.69, 9.17) is 21.1 Å². The fourth-order valence-corrected chi connectivity index (χ4v) is 8.35. The average molecular weight is 778 g/mol. The lowest BCUT2D eigenvalue weighted by atomic mass is 9.89. The summed E-state index contributed by atoms with van der Waals surface area (Å²) in [6, 6.07) is 3.54. The summed E-state index contributed by atoms with van der Waals surface area (Å²) in [5.74, 6) is -3.09. The molecule has 0 radical (unpaired) electrons. The second-order valence-corrected chi connectivity index (χ2v) is 16.3. The minimum Gasteiger partial charge on any atom is -0.480 e. The van der Waals surface area contributed by atoms with Gasteiger partial charge in [-0.25, -0.2) is 4.79 Å². The number of carbonyl (C=O) groups excluding carboxylic acids is 4. The van der Waals surface area contributed by atoms with Crippen molar-refractivity contribution in [3.05, 3.63) is 34.9 Å². The highest BCUT2D eigenvalue weighted by atomic mass is 35.5. The largest absolute Gasteiger partial charge is 0.480 e. The quantitative estimate of drug-likeness (QED) is 0.146. The molecule has 4 amide bonds. The summed E-state index contributed by atoms with van der Waals surface area (Å²) in [4.78, 5) is 71.0. The highest BCUT2D eigenvalue weighted by Gasteiger charge is 2.57. The summed E-state index contributed by atoms with van der Waals surface area (Å²) in [7, 11) is 6.48. The van der Waals surface area contributed by atoms with Gasteiger partial charge in [-0.05, 0) is 55.2 Å². The van der Waals surface area contributed by atoms with Crippen LogP contribution in [0, 0.1) is 29.6 Å². The molecule has 13 nitrogen and oxygen atoms in total. The molecule has 0 spiro atoms. The monoisotopic (exact) mass is 777 g/mol. The maximum atomic E-state index is 14.4. The molecule has 1 aromatic rings. The number of halogens is 1. The molecular weight excluding hydrogens is 714 g/mol. The molecule has 1 aliphatic heterocycles. The van der Waals surface area contributed by atoms with Gasteiger partial charge in [0.05, 0.1) is 42.7 Å². The number of carboxylic acid groups (broad SMARTS) is 1. The summed E-state index contributed by atoms with van der Waals surface area (Å²) in [6.45, 7) is 13.4. The van der Waals surface area contributed by atoms with Crippen LogP contribution in [0.15, 0.2) is 24.3 Å². The van der Waals surface area contributed by atoms with Gasteiger partial charge in [-0.15, -0.1) is 0 Å². The zero-order valence-electron chi connectivity index (χ0n) is 33.9. The van der Waals surface area contributed by atoms with Gasteiger partial charge in [-0.3, -0.25) is 19.2 Å². The SMILES string of the molecule is CCC(C)C(C(CC(=O)N1[C@H](C(OC)C(C)C(=O)NC(Cc2ccccc2Cl)C(=O)O)C[C@@H]2C[C@@H]21)OC)N(C)C(=O)C(NC(=O)C(NC)C(C)C)C(C)C. The Morgan fingerprint density at radius 1 is 0.944 bits per heavy atom. The predicted octanol–water partition coefficient (Wildman–Crippen LogP) is 3.76. The molecule has 2 aliphatic rings. The molecule has 8 unspecified atom stereocenters. The first kappa shape index (κ1) is 45.1. The number of likely N-dealkylation sites (tertiary alicyclic amines) is 1. The van der Waals surface area contributed by atoms with E-state index in [1.165, 1.54) is 7.11 Å². The standard InChI is InChI=1S/C40H64ClN5O8/c1-12-23(6)35(45(9)39(50)34(22(4)5)44-38(49)33(42-8)21(2)3)31(53-10)20-32(47)46-29-18-26(29)19-30(46)36(54-11)24(7)37(48)43-28(40(51)52)17-25-15-13-14-16-27(25)41/h13-16,21-24,26,28-31,33-36,42H,12,17-20H2,1-11H3,(H,43,48)(H,44,49)(H,51,52)/t23?,24?,26-,28?,29-,30-,31?,33?,34?,35?,36?/m0/s1. The topological polar surface area (TPSA) is 167 Å². The van der Waals surface area contributed by atoms with Gasteiger partial charge in [-0.1, -0.05) is 84.7 Å². The Labute approximate surface area is 326 Å². The molecule has 1 saturated heterocycles. The maximum Gasteiger partial charge on any atom is 0.326 e. The number of rotatable bonds is 21. The van der Waals surface area contributed by atoms with Crippen LogP contribution >= 0.6 is 11.6 Å². The number of hydrogen-bond acceptors (Lipinski definition) is 8. The van der Waals surface area contributed by atoms with Crippen LogP contribution in [0.5, 0.6) is 0 Å². The normalized spacial score (nSPS) is 22.3. The van der Waals surface area contributed by atoms with E-state index >= 15 is 0 Å². The number of carbonyl (C=O) groups is 5. The fraction of sp³-hybridized carbons (Fsp3) is 0.725. The Hall–Kier alpha value is -3.26. The number of fused-ring (bicyclic) bond motifs is 1. The summed E-state index contributed by atoms with van der Waals surface area (Å²) in [6.07, 6.45) is 0.859. The molecule has 1 aliphatic carbocycles. The summed E-state index contributed by atoms with van der Waals surface area (Å²) >= 11 is 6.28. The third-order valence-corrected chi connectivity index (χ3v) is 11.9. The summed E-state index contributed by atoms with van der Waals surface area (Å²) in [5, 5.41) is 19.1. The molecule has 1 aromatic carbocycles. The minimum absolute atomic E-state index is 0.00271. The number of amides is 4. The van der Waals surface area contributed by atoms with Gasteiger partial charge >= 0.3 is 5.97 Å². The number of likely N-dealkylation sites (N-methyl/N-ethyl adjacent to an activating group) is 2. The Kier molecular flexibility index (Phi) is 16.8. The van der Waals surface area contributed by atoms with Crippen molar-refractivity contribution in [3.8, 4) is 0 Å². The van der Waals surface area contributed by atoms with Gasteiger partial charge in [0.25, 0.3) is 0 Å². The van der Waals surface area contributed by atoms with Crippen molar-refractivity contribution in [2.45, 2.75) is 129 Å². The van der Waals surface area contributed by atoms with Gasteiger partial charge in [0.1, 0.15) is 12.1 Å². The van der Waals surface area contributed by atoms with E-state index in [0.29, 0.717) is 23.4 Å².